The van der Waals surface area contributed by atoms with Crippen LogP contribution in [0.25, 0.3) is 0 Å². The highest BCUT2D eigenvalue weighted by atomic mass is 16.3. The first kappa shape index (κ1) is 11.9. The molecule has 0 unspecified atom stereocenters. The molecular weight excluding hydrogens is 204 g/mol. The first-order valence-corrected chi connectivity index (χ1v) is 6.47. The molecule has 2 aliphatic rings. The van der Waals surface area contributed by atoms with E-state index in [2.05, 4.69) is 10.6 Å². The van der Waals surface area contributed by atoms with E-state index in [0.29, 0.717) is 0 Å². The summed E-state index contributed by atoms with van der Waals surface area (Å²) < 4.78 is 0. The third kappa shape index (κ3) is 3.19. The predicted octanol–water partition coefficient (Wildman–Crippen LogP) is 0.548. The number of hydrogen-bond donors (Lipinski definition) is 3. The zero-order valence-corrected chi connectivity index (χ0v) is 9.74. The maximum Gasteiger partial charge on any atom is 0.237 e. The molecule has 1 saturated heterocycles. The molecule has 1 aliphatic carbocycles. The minimum absolute atomic E-state index is 0.0144. The van der Waals surface area contributed by atoms with Crippen LogP contribution in [0.1, 0.15) is 44.9 Å². The van der Waals surface area contributed by atoms with Gasteiger partial charge in [-0.05, 0) is 45.1 Å². The van der Waals surface area contributed by atoms with Gasteiger partial charge in [0.15, 0.2) is 0 Å². The van der Waals surface area contributed by atoms with Crippen molar-refractivity contribution in [2.45, 2.75) is 63.1 Å². The average molecular weight is 226 g/mol. The van der Waals surface area contributed by atoms with Gasteiger partial charge in [-0.2, -0.15) is 0 Å². The smallest absolute Gasteiger partial charge is 0.237 e. The number of carbonyl (C=O) groups is 1. The maximum absolute atomic E-state index is 11.9. The first-order chi connectivity index (χ1) is 7.75. The predicted molar refractivity (Wildman–Crippen MR) is 62.0 cm³/mol. The van der Waals surface area contributed by atoms with Crippen LogP contribution in [0.4, 0.5) is 0 Å². The summed E-state index contributed by atoms with van der Waals surface area (Å²) in [5, 5.41) is 15.7. The number of nitrogens with one attached hydrogen (secondary N) is 2. The normalized spacial score (nSPS) is 35.7. The van der Waals surface area contributed by atoms with Crippen LogP contribution in [0, 0.1) is 0 Å². The van der Waals surface area contributed by atoms with E-state index >= 15 is 0 Å². The summed E-state index contributed by atoms with van der Waals surface area (Å²) in [5.74, 6) is 0.154. The summed E-state index contributed by atoms with van der Waals surface area (Å²) in [6, 6.07) is 0.292. The molecule has 0 aromatic rings. The molecule has 1 atom stereocenters. The number of hydrogen-bond acceptors (Lipinski definition) is 3. The van der Waals surface area contributed by atoms with Gasteiger partial charge in [0.25, 0.3) is 0 Å². The van der Waals surface area contributed by atoms with E-state index in [4.69, 9.17) is 0 Å². The second-order valence-corrected chi connectivity index (χ2v) is 5.02. The van der Waals surface area contributed by atoms with Gasteiger partial charge < -0.3 is 15.7 Å². The summed E-state index contributed by atoms with van der Waals surface area (Å²) in [4.78, 5) is 11.9. The van der Waals surface area contributed by atoms with Crippen molar-refractivity contribution < 1.29 is 9.90 Å². The van der Waals surface area contributed by atoms with E-state index < -0.39 is 0 Å². The highest BCUT2D eigenvalue weighted by molar-refractivity contribution is 5.82. The first-order valence-electron chi connectivity index (χ1n) is 6.47. The van der Waals surface area contributed by atoms with Crippen molar-refractivity contribution in [1.82, 2.24) is 10.6 Å². The van der Waals surface area contributed by atoms with Crippen molar-refractivity contribution in [2.75, 3.05) is 6.54 Å². The molecule has 1 saturated carbocycles. The van der Waals surface area contributed by atoms with Gasteiger partial charge in [-0.3, -0.25) is 4.79 Å². The molecule has 0 bridgehead atoms. The van der Waals surface area contributed by atoms with Gasteiger partial charge in [0.05, 0.1) is 12.1 Å². The third-order valence-electron chi connectivity index (χ3n) is 3.67. The molecule has 0 spiro atoms. The Morgan fingerprint density at radius 1 is 1.12 bits per heavy atom. The Labute approximate surface area is 96.8 Å². The quantitative estimate of drug-likeness (QED) is 0.644. The van der Waals surface area contributed by atoms with Gasteiger partial charge in [-0.1, -0.05) is 6.42 Å². The minimum Gasteiger partial charge on any atom is -0.393 e. The van der Waals surface area contributed by atoms with Crippen LogP contribution < -0.4 is 10.6 Å². The maximum atomic E-state index is 11.9. The molecular formula is C12H22N2O2. The van der Waals surface area contributed by atoms with Crippen molar-refractivity contribution in [2.24, 2.45) is 0 Å². The number of piperidine rings is 1. The Balaban J connectivity index is 1.73. The fraction of sp³-hybridized carbons (Fsp3) is 0.917. The summed E-state index contributed by atoms with van der Waals surface area (Å²) in [6.07, 6.45) is 6.61. The number of aliphatic hydroxyl groups excluding tert-OH is 1. The Morgan fingerprint density at radius 3 is 2.50 bits per heavy atom. The Morgan fingerprint density at radius 2 is 1.88 bits per heavy atom. The van der Waals surface area contributed by atoms with Crippen molar-refractivity contribution >= 4 is 5.91 Å². The average Bonchev–Trinajstić information content (AvgIpc) is 2.33. The van der Waals surface area contributed by atoms with Crippen molar-refractivity contribution in [3.8, 4) is 0 Å². The molecule has 3 N–H and O–H groups in total. The molecule has 0 aromatic carbocycles. The highest BCUT2D eigenvalue weighted by Crippen LogP contribution is 2.18. The lowest BCUT2D eigenvalue weighted by atomic mass is 9.92. The van der Waals surface area contributed by atoms with Crippen molar-refractivity contribution in [1.29, 1.82) is 0 Å². The molecule has 0 aromatic heterocycles. The number of amides is 1. The van der Waals surface area contributed by atoms with E-state index in [9.17, 15) is 9.90 Å². The molecule has 0 radical (unpaired) electrons. The molecule has 2 fully saturated rings. The van der Waals surface area contributed by atoms with Crippen molar-refractivity contribution in [3.05, 3.63) is 0 Å². The molecule has 1 amide bonds. The summed E-state index contributed by atoms with van der Waals surface area (Å²) in [5.41, 5.74) is 0. The highest BCUT2D eigenvalue weighted by Gasteiger charge is 2.25. The molecule has 1 aliphatic heterocycles. The Kier molecular flexibility index (Phi) is 4.18. The largest absolute Gasteiger partial charge is 0.393 e. The van der Waals surface area contributed by atoms with Gasteiger partial charge in [0, 0.05) is 6.04 Å². The molecule has 4 heteroatoms. The Bertz CT molecular complexity index is 231. The van der Waals surface area contributed by atoms with E-state index in [1.165, 1.54) is 6.42 Å². The third-order valence-corrected chi connectivity index (χ3v) is 3.67. The summed E-state index contributed by atoms with van der Waals surface area (Å²) >= 11 is 0. The van der Waals surface area contributed by atoms with Gasteiger partial charge in [-0.15, -0.1) is 0 Å². The number of carbonyl (C=O) groups excluding carboxylic acids is 1. The van der Waals surface area contributed by atoms with Gasteiger partial charge in [0.2, 0.25) is 5.91 Å². The SMILES string of the molecule is O=C(N[C@H]1CC[C@@H](O)CC1)[C@H]1CCCCN1. The Hall–Kier alpha value is -0.610. The van der Waals surface area contributed by atoms with E-state index in [1.807, 2.05) is 0 Å². The van der Waals surface area contributed by atoms with Crippen LogP contribution in [0.5, 0.6) is 0 Å². The lowest BCUT2D eigenvalue weighted by molar-refractivity contribution is -0.124. The van der Waals surface area contributed by atoms with Gasteiger partial charge in [-0.25, -0.2) is 0 Å². The molecule has 1 heterocycles. The van der Waals surface area contributed by atoms with Crippen LogP contribution in [0.3, 0.4) is 0 Å². The van der Waals surface area contributed by atoms with E-state index in [-0.39, 0.29) is 24.1 Å². The zero-order valence-electron chi connectivity index (χ0n) is 9.74. The standard InChI is InChI=1S/C12H22N2O2/c15-10-6-4-9(5-7-10)14-12(16)11-3-1-2-8-13-11/h9-11,13,15H,1-8H2,(H,14,16)/t9-,10+,11-/m1/s1. The van der Waals surface area contributed by atoms with Crippen LogP contribution in [-0.2, 0) is 4.79 Å². The van der Waals surface area contributed by atoms with Gasteiger partial charge >= 0.3 is 0 Å². The monoisotopic (exact) mass is 226 g/mol. The second-order valence-electron chi connectivity index (χ2n) is 5.02. The van der Waals surface area contributed by atoms with Crippen LogP contribution in [0.15, 0.2) is 0 Å². The fourth-order valence-corrected chi connectivity index (χ4v) is 2.60. The minimum atomic E-state index is -0.152. The van der Waals surface area contributed by atoms with Crippen LogP contribution >= 0.6 is 0 Å². The van der Waals surface area contributed by atoms with E-state index in [0.717, 1.165) is 45.1 Å². The molecule has 16 heavy (non-hydrogen) atoms. The molecule has 4 nitrogen and oxygen atoms in total. The number of aliphatic hydroxyl groups is 1. The summed E-state index contributed by atoms with van der Waals surface area (Å²) in [6.45, 7) is 0.960. The lowest BCUT2D eigenvalue weighted by Gasteiger charge is -2.29. The van der Waals surface area contributed by atoms with Crippen molar-refractivity contribution in [3.63, 3.8) is 0 Å². The van der Waals surface area contributed by atoms with Crippen LogP contribution in [-0.4, -0.2) is 35.7 Å². The second kappa shape index (κ2) is 5.64. The molecule has 2 rings (SSSR count). The zero-order chi connectivity index (χ0) is 11.4. The van der Waals surface area contributed by atoms with E-state index in [1.54, 1.807) is 0 Å². The van der Waals surface area contributed by atoms with Gasteiger partial charge in [0.1, 0.15) is 0 Å². The van der Waals surface area contributed by atoms with Crippen LogP contribution in [0.2, 0.25) is 0 Å². The lowest BCUT2D eigenvalue weighted by Crippen LogP contribution is -2.50. The fourth-order valence-electron chi connectivity index (χ4n) is 2.60. The summed E-state index contributed by atoms with van der Waals surface area (Å²) in [7, 11) is 0. The molecule has 92 valence electrons. The number of rotatable bonds is 2. The topological polar surface area (TPSA) is 61.4 Å².